The Morgan fingerprint density at radius 3 is 2.66 bits per heavy atom. The minimum Gasteiger partial charge on any atom is -0.355 e. The van der Waals surface area contributed by atoms with Crippen molar-refractivity contribution >= 4 is 28.9 Å². The topological polar surface area (TPSA) is 46.5 Å². The summed E-state index contributed by atoms with van der Waals surface area (Å²) in [6, 6.07) is 12.2. The van der Waals surface area contributed by atoms with Gasteiger partial charge in [-0.2, -0.15) is 0 Å². The molecule has 1 saturated carbocycles. The molecule has 0 atom stereocenters. The van der Waals surface area contributed by atoms with Gasteiger partial charge >= 0.3 is 0 Å². The monoisotopic (exact) mass is 449 g/mol. The molecule has 1 aliphatic carbocycles. The van der Waals surface area contributed by atoms with Gasteiger partial charge in [0.1, 0.15) is 11.7 Å². The van der Waals surface area contributed by atoms with E-state index in [2.05, 4.69) is 64.8 Å². The number of anilines is 2. The second kappa shape index (κ2) is 8.20. The Morgan fingerprint density at radius 2 is 1.97 bits per heavy atom. The Kier molecular flexibility index (Phi) is 5.50. The molecular weight excluding hydrogens is 418 g/mol. The third kappa shape index (κ3) is 3.71. The normalized spacial score (nSPS) is 22.1. The molecule has 1 N–H and O–H groups in total. The van der Waals surface area contributed by atoms with Gasteiger partial charge in [-0.05, 0) is 69.1 Å². The van der Waals surface area contributed by atoms with Crippen LogP contribution < -0.4 is 9.80 Å². The maximum absolute atomic E-state index is 9.29. The SMILES string of the molecule is CC/C(C)=C1/CN(C)Cc2cc(Cl)ccc2N1C(=N)C1CC2(C1)CN(c1ccccn1)C2. The second-order valence-corrected chi connectivity index (χ2v) is 10.3. The van der Waals surface area contributed by atoms with Gasteiger partial charge in [0.25, 0.3) is 0 Å². The zero-order chi connectivity index (χ0) is 22.5. The highest BCUT2D eigenvalue weighted by atomic mass is 35.5. The predicted molar refractivity (Wildman–Crippen MR) is 133 cm³/mol. The van der Waals surface area contributed by atoms with Crippen molar-refractivity contribution in [1.82, 2.24) is 9.88 Å². The molecule has 0 bridgehead atoms. The molecule has 0 unspecified atom stereocenters. The number of rotatable bonds is 3. The standard InChI is InChI=1S/C26H32ClN5/c1-4-18(2)23-15-30(3)14-19-11-21(27)8-9-22(19)32(23)25(28)20-12-26(13-20)16-31(17-26)24-7-5-6-10-29-24/h5-11,20,28H,4,12-17H2,1-3H3/b23-18-,28-25?. The number of benzene rings is 1. The lowest BCUT2D eigenvalue weighted by Gasteiger charge is -2.60. The molecule has 2 aromatic rings. The molecule has 2 fully saturated rings. The van der Waals surface area contributed by atoms with Gasteiger partial charge in [-0.1, -0.05) is 30.2 Å². The van der Waals surface area contributed by atoms with Crippen molar-refractivity contribution < 1.29 is 0 Å². The summed E-state index contributed by atoms with van der Waals surface area (Å²) in [7, 11) is 2.15. The van der Waals surface area contributed by atoms with Crippen LogP contribution in [0.15, 0.2) is 53.9 Å². The number of likely N-dealkylation sites (N-methyl/N-ethyl adjacent to an activating group) is 1. The molecule has 0 amide bonds. The number of hydrogen-bond acceptors (Lipinski definition) is 4. The predicted octanol–water partition coefficient (Wildman–Crippen LogP) is 5.56. The van der Waals surface area contributed by atoms with E-state index >= 15 is 0 Å². The Morgan fingerprint density at radius 1 is 1.19 bits per heavy atom. The minimum absolute atomic E-state index is 0.299. The summed E-state index contributed by atoms with van der Waals surface area (Å²) in [5.41, 5.74) is 5.27. The fourth-order valence-corrected chi connectivity index (χ4v) is 5.80. The Labute approximate surface area is 196 Å². The first-order chi connectivity index (χ1) is 15.4. The van der Waals surface area contributed by atoms with E-state index in [1.54, 1.807) is 0 Å². The minimum atomic E-state index is 0.299. The molecule has 3 aliphatic rings. The number of pyridine rings is 1. The van der Waals surface area contributed by atoms with E-state index in [-0.39, 0.29) is 0 Å². The summed E-state index contributed by atoms with van der Waals surface area (Å²) in [4.78, 5) is 11.4. The van der Waals surface area contributed by atoms with Crippen LogP contribution in [0, 0.1) is 16.7 Å². The quantitative estimate of drug-likeness (QED) is 0.492. The van der Waals surface area contributed by atoms with Crippen LogP contribution in [-0.2, 0) is 6.54 Å². The molecule has 1 saturated heterocycles. The van der Waals surface area contributed by atoms with Crippen molar-refractivity contribution in [3.8, 4) is 0 Å². The van der Waals surface area contributed by atoms with Crippen LogP contribution in [0.2, 0.25) is 5.02 Å². The van der Waals surface area contributed by atoms with E-state index in [0.717, 1.165) is 67.8 Å². The lowest BCUT2D eigenvalue weighted by molar-refractivity contribution is 0.0558. The number of amidine groups is 1. The lowest BCUT2D eigenvalue weighted by Crippen LogP contribution is -2.64. The molecule has 168 valence electrons. The molecule has 1 aromatic heterocycles. The third-order valence-electron chi connectivity index (χ3n) is 7.45. The zero-order valence-corrected chi connectivity index (χ0v) is 20.0. The zero-order valence-electron chi connectivity index (χ0n) is 19.2. The van der Waals surface area contributed by atoms with Gasteiger partial charge in [-0.15, -0.1) is 0 Å². The molecule has 0 radical (unpaired) electrons. The van der Waals surface area contributed by atoms with Gasteiger partial charge < -0.3 is 9.80 Å². The number of fused-ring (bicyclic) bond motifs is 1. The summed E-state index contributed by atoms with van der Waals surface area (Å²) in [6.07, 6.45) is 5.03. The molecule has 1 aromatic carbocycles. The molecule has 5 rings (SSSR count). The summed E-state index contributed by atoms with van der Waals surface area (Å²) in [6.45, 7) is 8.21. The van der Waals surface area contributed by atoms with Crippen molar-refractivity contribution in [2.24, 2.45) is 11.3 Å². The van der Waals surface area contributed by atoms with E-state index in [1.165, 1.54) is 16.8 Å². The van der Waals surface area contributed by atoms with Gasteiger partial charge in [0.2, 0.25) is 0 Å². The van der Waals surface area contributed by atoms with Crippen LogP contribution in [-0.4, -0.2) is 42.4 Å². The summed E-state index contributed by atoms with van der Waals surface area (Å²) < 4.78 is 0. The van der Waals surface area contributed by atoms with Crippen LogP contribution in [0.5, 0.6) is 0 Å². The first-order valence-electron chi connectivity index (χ1n) is 11.6. The summed E-state index contributed by atoms with van der Waals surface area (Å²) in [5, 5.41) is 10.1. The Balaban J connectivity index is 1.38. The number of nitrogens with zero attached hydrogens (tertiary/aromatic N) is 4. The fraction of sp³-hybridized carbons (Fsp3) is 0.462. The van der Waals surface area contributed by atoms with Crippen molar-refractivity contribution in [3.05, 3.63) is 64.5 Å². The molecule has 6 heteroatoms. The molecule has 5 nitrogen and oxygen atoms in total. The highest BCUT2D eigenvalue weighted by molar-refractivity contribution is 6.30. The van der Waals surface area contributed by atoms with Crippen LogP contribution in [0.1, 0.15) is 38.7 Å². The Bertz CT molecular complexity index is 1050. The van der Waals surface area contributed by atoms with Crippen LogP contribution in [0.4, 0.5) is 11.5 Å². The van der Waals surface area contributed by atoms with Crippen LogP contribution in [0.25, 0.3) is 0 Å². The van der Waals surface area contributed by atoms with Gasteiger partial charge in [0.05, 0.1) is 5.69 Å². The number of halogens is 1. The van der Waals surface area contributed by atoms with Crippen molar-refractivity contribution in [1.29, 1.82) is 5.41 Å². The van der Waals surface area contributed by atoms with E-state index < -0.39 is 0 Å². The van der Waals surface area contributed by atoms with Crippen molar-refractivity contribution in [2.45, 2.75) is 39.7 Å². The molecule has 32 heavy (non-hydrogen) atoms. The molecule has 1 spiro atoms. The maximum atomic E-state index is 9.29. The number of hydrogen-bond donors (Lipinski definition) is 1. The fourth-order valence-electron chi connectivity index (χ4n) is 5.61. The first-order valence-corrected chi connectivity index (χ1v) is 12.0. The molecule has 2 aliphatic heterocycles. The number of allylic oxidation sites excluding steroid dienone is 1. The largest absolute Gasteiger partial charge is 0.355 e. The summed E-state index contributed by atoms with van der Waals surface area (Å²) in [5.74, 6) is 2.11. The second-order valence-electron chi connectivity index (χ2n) is 9.90. The first kappa shape index (κ1) is 21.5. The van der Waals surface area contributed by atoms with E-state index in [4.69, 9.17) is 11.6 Å². The van der Waals surface area contributed by atoms with Gasteiger partial charge in [-0.25, -0.2) is 4.98 Å². The average Bonchev–Trinajstić information content (AvgIpc) is 2.87. The van der Waals surface area contributed by atoms with Gasteiger partial charge in [0, 0.05) is 54.4 Å². The van der Waals surface area contributed by atoms with Crippen LogP contribution >= 0.6 is 11.6 Å². The van der Waals surface area contributed by atoms with E-state index in [9.17, 15) is 5.41 Å². The highest BCUT2D eigenvalue weighted by Gasteiger charge is 2.54. The highest BCUT2D eigenvalue weighted by Crippen LogP contribution is 2.54. The smallest absolute Gasteiger partial charge is 0.128 e. The van der Waals surface area contributed by atoms with E-state index in [1.807, 2.05) is 18.3 Å². The average molecular weight is 450 g/mol. The molecule has 3 heterocycles. The van der Waals surface area contributed by atoms with Crippen molar-refractivity contribution in [2.75, 3.05) is 36.5 Å². The van der Waals surface area contributed by atoms with Crippen molar-refractivity contribution in [3.63, 3.8) is 0 Å². The maximum Gasteiger partial charge on any atom is 0.128 e. The number of nitrogens with one attached hydrogen (secondary N) is 1. The summed E-state index contributed by atoms with van der Waals surface area (Å²) >= 11 is 6.35. The number of aromatic nitrogens is 1. The Hall–Kier alpha value is -2.37. The lowest BCUT2D eigenvalue weighted by atomic mass is 9.57. The van der Waals surface area contributed by atoms with E-state index in [0.29, 0.717) is 11.3 Å². The van der Waals surface area contributed by atoms with Gasteiger partial charge in [0.15, 0.2) is 0 Å². The third-order valence-corrected chi connectivity index (χ3v) is 7.68. The molecular formula is C26H32ClN5. The van der Waals surface area contributed by atoms with Gasteiger partial charge in [-0.3, -0.25) is 10.3 Å². The van der Waals surface area contributed by atoms with Crippen LogP contribution in [0.3, 0.4) is 0 Å².